The summed E-state index contributed by atoms with van der Waals surface area (Å²) < 4.78 is 15.8. The van der Waals surface area contributed by atoms with Gasteiger partial charge < -0.3 is 23.7 Å². The second-order valence-corrected chi connectivity index (χ2v) is 6.75. The van der Waals surface area contributed by atoms with Crippen molar-refractivity contribution in [3.63, 3.8) is 0 Å². The molecule has 1 N–H and O–H groups in total. The summed E-state index contributed by atoms with van der Waals surface area (Å²) in [6.07, 6.45) is 2.43. The van der Waals surface area contributed by atoms with Gasteiger partial charge in [-0.3, -0.25) is 9.59 Å². The number of aryl methyl sites for hydroxylation is 1. The van der Waals surface area contributed by atoms with Gasteiger partial charge in [-0.25, -0.2) is 0 Å². The van der Waals surface area contributed by atoms with Crippen molar-refractivity contribution < 1.29 is 28.4 Å². The van der Waals surface area contributed by atoms with Gasteiger partial charge in [0.1, 0.15) is 0 Å². The van der Waals surface area contributed by atoms with E-state index in [-0.39, 0.29) is 24.8 Å². The topological polar surface area (TPSA) is 119 Å². The Bertz CT molecular complexity index is 801. The van der Waals surface area contributed by atoms with Gasteiger partial charge in [0.2, 0.25) is 17.6 Å². The summed E-state index contributed by atoms with van der Waals surface area (Å²) in [6, 6.07) is 3.45. The average molecular weight is 361 g/mol. The Morgan fingerprint density at radius 2 is 2.31 bits per heavy atom. The predicted molar refractivity (Wildman–Crippen MR) is 85.9 cm³/mol. The standard InChI is InChI=1S/C17H19N3O6/c21-14(4-3-13-18-15(19-26-13)12-2-1-6-25-12)20-8-11-9-24-7-5-17(11,10-20)16(22)23/h1-2,6,11H,3-5,7-10H2,(H,22,23)/t11-,17+/m0/s1. The van der Waals surface area contributed by atoms with Gasteiger partial charge in [-0.1, -0.05) is 5.16 Å². The highest BCUT2D eigenvalue weighted by molar-refractivity contribution is 5.81. The van der Waals surface area contributed by atoms with Crippen molar-refractivity contribution in [1.82, 2.24) is 15.0 Å². The second kappa shape index (κ2) is 6.56. The van der Waals surface area contributed by atoms with Crippen LogP contribution in [0.15, 0.2) is 27.3 Å². The highest BCUT2D eigenvalue weighted by atomic mass is 16.5. The fourth-order valence-electron chi connectivity index (χ4n) is 3.72. The number of fused-ring (bicyclic) bond motifs is 1. The zero-order valence-electron chi connectivity index (χ0n) is 14.1. The highest BCUT2D eigenvalue weighted by Crippen LogP contribution is 2.42. The van der Waals surface area contributed by atoms with Crippen molar-refractivity contribution >= 4 is 11.9 Å². The van der Waals surface area contributed by atoms with Crippen LogP contribution in [0.25, 0.3) is 11.6 Å². The van der Waals surface area contributed by atoms with Crippen LogP contribution in [0.2, 0.25) is 0 Å². The molecule has 4 heterocycles. The van der Waals surface area contributed by atoms with E-state index < -0.39 is 11.4 Å². The van der Waals surface area contributed by atoms with Gasteiger partial charge in [-0.05, 0) is 18.6 Å². The summed E-state index contributed by atoms with van der Waals surface area (Å²) in [7, 11) is 0. The van der Waals surface area contributed by atoms with Crippen molar-refractivity contribution in [3.8, 4) is 11.6 Å². The first-order valence-electron chi connectivity index (χ1n) is 8.54. The van der Waals surface area contributed by atoms with Gasteiger partial charge in [-0.15, -0.1) is 0 Å². The third kappa shape index (κ3) is 2.88. The maximum Gasteiger partial charge on any atom is 0.311 e. The lowest BCUT2D eigenvalue weighted by atomic mass is 9.74. The Hall–Kier alpha value is -2.68. The Balaban J connectivity index is 1.38. The molecule has 0 radical (unpaired) electrons. The predicted octanol–water partition coefficient (Wildman–Crippen LogP) is 1.21. The molecule has 1 amide bonds. The fraction of sp³-hybridized carbons (Fsp3) is 0.529. The molecular formula is C17H19N3O6. The summed E-state index contributed by atoms with van der Waals surface area (Å²) in [4.78, 5) is 30.2. The van der Waals surface area contributed by atoms with Crippen molar-refractivity contribution in [3.05, 3.63) is 24.3 Å². The highest BCUT2D eigenvalue weighted by Gasteiger charge is 2.54. The quantitative estimate of drug-likeness (QED) is 0.844. The molecule has 2 aromatic heterocycles. The van der Waals surface area contributed by atoms with Crippen molar-refractivity contribution in [2.75, 3.05) is 26.3 Å². The molecule has 0 aromatic carbocycles. The lowest BCUT2D eigenvalue weighted by Crippen LogP contribution is -2.45. The number of aromatic nitrogens is 2. The number of furan rings is 1. The van der Waals surface area contributed by atoms with E-state index in [2.05, 4.69) is 10.1 Å². The first-order chi connectivity index (χ1) is 12.6. The van der Waals surface area contributed by atoms with Crippen LogP contribution in [-0.2, 0) is 20.7 Å². The Morgan fingerprint density at radius 1 is 1.42 bits per heavy atom. The Labute approximate surface area is 148 Å². The summed E-state index contributed by atoms with van der Waals surface area (Å²) in [5, 5.41) is 13.5. The van der Waals surface area contributed by atoms with Crippen LogP contribution in [0.1, 0.15) is 18.7 Å². The monoisotopic (exact) mass is 361 g/mol. The molecule has 9 heteroatoms. The van der Waals surface area contributed by atoms with Crippen molar-refractivity contribution in [2.24, 2.45) is 11.3 Å². The summed E-state index contributed by atoms with van der Waals surface area (Å²) in [5.74, 6) is 0.0631. The molecule has 0 aliphatic carbocycles. The number of carbonyl (C=O) groups excluding carboxylic acids is 1. The van der Waals surface area contributed by atoms with Crippen LogP contribution in [0, 0.1) is 11.3 Å². The van der Waals surface area contributed by atoms with Crippen molar-refractivity contribution in [2.45, 2.75) is 19.3 Å². The fourth-order valence-corrected chi connectivity index (χ4v) is 3.72. The normalized spacial score (nSPS) is 25.2. The number of carbonyl (C=O) groups is 2. The minimum Gasteiger partial charge on any atom is -0.481 e. The zero-order chi connectivity index (χ0) is 18.1. The molecule has 2 saturated heterocycles. The van der Waals surface area contributed by atoms with E-state index in [0.717, 1.165) is 0 Å². The summed E-state index contributed by atoms with van der Waals surface area (Å²) >= 11 is 0. The number of likely N-dealkylation sites (tertiary alicyclic amines) is 1. The third-order valence-electron chi connectivity index (χ3n) is 5.25. The number of amides is 1. The number of hydrogen-bond acceptors (Lipinski definition) is 7. The zero-order valence-corrected chi connectivity index (χ0v) is 14.1. The molecule has 2 atom stereocenters. The van der Waals surface area contributed by atoms with Crippen LogP contribution in [0.5, 0.6) is 0 Å². The minimum absolute atomic E-state index is 0.113. The molecule has 2 aliphatic rings. The van der Waals surface area contributed by atoms with Gasteiger partial charge in [0, 0.05) is 38.5 Å². The molecule has 26 heavy (non-hydrogen) atoms. The van der Waals surface area contributed by atoms with Crippen LogP contribution < -0.4 is 0 Å². The van der Waals surface area contributed by atoms with E-state index in [4.69, 9.17) is 13.7 Å². The van der Waals surface area contributed by atoms with Crippen LogP contribution in [-0.4, -0.2) is 58.3 Å². The smallest absolute Gasteiger partial charge is 0.311 e. The van der Waals surface area contributed by atoms with Crippen LogP contribution in [0.4, 0.5) is 0 Å². The average Bonchev–Trinajstić information content (AvgIpc) is 3.38. The van der Waals surface area contributed by atoms with E-state index in [1.54, 1.807) is 17.0 Å². The van der Waals surface area contributed by atoms with Gasteiger partial charge >= 0.3 is 5.97 Å². The Morgan fingerprint density at radius 3 is 3.04 bits per heavy atom. The minimum atomic E-state index is -0.884. The number of rotatable bonds is 5. The summed E-state index contributed by atoms with van der Waals surface area (Å²) in [5.41, 5.74) is -0.884. The van der Waals surface area contributed by atoms with Crippen LogP contribution >= 0.6 is 0 Å². The molecule has 0 unspecified atom stereocenters. The van der Waals surface area contributed by atoms with Gasteiger partial charge in [-0.2, -0.15) is 4.98 Å². The number of aliphatic carboxylic acids is 1. The van der Waals surface area contributed by atoms with Crippen molar-refractivity contribution in [1.29, 1.82) is 0 Å². The number of hydrogen-bond donors (Lipinski definition) is 1. The number of ether oxygens (including phenoxy) is 1. The van der Waals surface area contributed by atoms with Gasteiger partial charge in [0.15, 0.2) is 5.76 Å². The number of nitrogens with zero attached hydrogens (tertiary/aromatic N) is 3. The number of carboxylic acid groups (broad SMARTS) is 1. The maximum absolute atomic E-state index is 12.5. The van der Waals surface area contributed by atoms with Crippen LogP contribution in [0.3, 0.4) is 0 Å². The van der Waals surface area contributed by atoms with E-state index in [1.165, 1.54) is 6.26 Å². The van der Waals surface area contributed by atoms with E-state index in [9.17, 15) is 14.7 Å². The largest absolute Gasteiger partial charge is 0.481 e. The second-order valence-electron chi connectivity index (χ2n) is 6.75. The number of carboxylic acids is 1. The molecule has 0 bridgehead atoms. The van der Waals surface area contributed by atoms with E-state index in [1.807, 2.05) is 0 Å². The SMILES string of the molecule is O=C(CCc1nc(-c2ccco2)no1)N1C[C@H]2COCC[C@@]2(C(=O)O)C1. The lowest BCUT2D eigenvalue weighted by molar-refractivity contribution is -0.157. The van der Waals surface area contributed by atoms with E-state index in [0.29, 0.717) is 50.1 Å². The Kier molecular flexibility index (Phi) is 4.23. The van der Waals surface area contributed by atoms with Gasteiger partial charge in [0.05, 0.1) is 18.3 Å². The molecular weight excluding hydrogens is 342 g/mol. The lowest BCUT2D eigenvalue weighted by Gasteiger charge is -2.33. The first-order valence-corrected chi connectivity index (χ1v) is 8.54. The summed E-state index contributed by atoms with van der Waals surface area (Å²) in [6.45, 7) is 1.44. The molecule has 0 spiro atoms. The molecule has 138 valence electrons. The molecule has 2 aromatic rings. The van der Waals surface area contributed by atoms with E-state index >= 15 is 0 Å². The maximum atomic E-state index is 12.5. The molecule has 9 nitrogen and oxygen atoms in total. The molecule has 4 rings (SSSR count). The molecule has 2 aliphatic heterocycles. The first kappa shape index (κ1) is 16.8. The molecule has 0 saturated carbocycles. The molecule has 2 fully saturated rings. The van der Waals surface area contributed by atoms with Gasteiger partial charge in [0.25, 0.3) is 0 Å². The third-order valence-corrected chi connectivity index (χ3v) is 5.25.